The Kier molecular flexibility index (Phi) is 4.90. The lowest BCUT2D eigenvalue weighted by Crippen LogP contribution is -2.46. The van der Waals surface area contributed by atoms with Crippen molar-refractivity contribution in [2.24, 2.45) is 0 Å². The Bertz CT molecular complexity index is 1040. The maximum atomic E-state index is 12.5. The number of para-hydroxylation sites is 1. The van der Waals surface area contributed by atoms with E-state index in [1.807, 2.05) is 0 Å². The first-order valence-electron chi connectivity index (χ1n) is 7.54. The molecule has 1 saturated heterocycles. The Morgan fingerprint density at radius 3 is 2.78 bits per heavy atom. The highest BCUT2D eigenvalue weighted by atomic mass is 16.7. The van der Waals surface area contributed by atoms with Gasteiger partial charge in [0.05, 0.1) is 12.5 Å². The number of hydrogen-bond donors (Lipinski definition) is 2. The number of carbonyl (C=O) groups excluding carboxylic acids is 3. The number of benzene rings is 1. The van der Waals surface area contributed by atoms with E-state index in [9.17, 15) is 24.0 Å². The molecule has 0 radical (unpaired) electrons. The Morgan fingerprint density at radius 1 is 1.33 bits per heavy atom. The van der Waals surface area contributed by atoms with Crippen LogP contribution in [0.4, 0.5) is 4.79 Å². The Hall–Kier alpha value is -3.67. The molecule has 1 fully saturated rings. The summed E-state index contributed by atoms with van der Waals surface area (Å²) >= 11 is 0. The molecule has 1 aliphatic rings. The van der Waals surface area contributed by atoms with Gasteiger partial charge >= 0.3 is 11.9 Å². The SMILES string of the molecule is COC(=O)Oc1cccc2c(=O)n(CC(=O)N[C@H]3CONC3=O)c(=O)oc12. The third-order valence-electron chi connectivity index (χ3n) is 3.60. The molecule has 2 aromatic rings. The average molecular weight is 379 g/mol. The van der Waals surface area contributed by atoms with Crippen molar-refractivity contribution in [2.45, 2.75) is 12.6 Å². The quantitative estimate of drug-likeness (QED) is 0.484. The zero-order valence-electron chi connectivity index (χ0n) is 13.8. The van der Waals surface area contributed by atoms with Crippen molar-refractivity contribution in [2.75, 3.05) is 13.7 Å². The highest BCUT2D eigenvalue weighted by molar-refractivity contribution is 5.88. The molecule has 27 heavy (non-hydrogen) atoms. The van der Waals surface area contributed by atoms with E-state index in [1.165, 1.54) is 18.2 Å². The van der Waals surface area contributed by atoms with Crippen molar-refractivity contribution >= 4 is 28.9 Å². The first-order chi connectivity index (χ1) is 12.9. The van der Waals surface area contributed by atoms with Crippen molar-refractivity contribution in [1.82, 2.24) is 15.4 Å². The van der Waals surface area contributed by atoms with E-state index in [0.717, 1.165) is 7.11 Å². The molecule has 12 heteroatoms. The van der Waals surface area contributed by atoms with Gasteiger partial charge < -0.3 is 19.2 Å². The second kappa shape index (κ2) is 7.29. The summed E-state index contributed by atoms with van der Waals surface area (Å²) in [7, 11) is 1.09. The molecule has 142 valence electrons. The lowest BCUT2D eigenvalue weighted by molar-refractivity contribution is -0.129. The molecular weight excluding hydrogens is 366 g/mol. The van der Waals surface area contributed by atoms with Crippen molar-refractivity contribution in [3.8, 4) is 5.75 Å². The molecule has 1 aliphatic heterocycles. The zero-order valence-corrected chi connectivity index (χ0v) is 13.8. The van der Waals surface area contributed by atoms with Crippen molar-refractivity contribution in [3.63, 3.8) is 0 Å². The van der Waals surface area contributed by atoms with Crippen molar-refractivity contribution in [3.05, 3.63) is 39.1 Å². The lowest BCUT2D eigenvalue weighted by Gasteiger charge is -2.10. The summed E-state index contributed by atoms with van der Waals surface area (Å²) in [6.07, 6.45) is -1.06. The molecule has 0 spiro atoms. The predicted molar refractivity (Wildman–Crippen MR) is 85.8 cm³/mol. The van der Waals surface area contributed by atoms with Gasteiger partial charge in [0, 0.05) is 0 Å². The van der Waals surface area contributed by atoms with Crippen molar-refractivity contribution < 1.29 is 33.1 Å². The first kappa shape index (κ1) is 18.1. The number of aromatic nitrogens is 1. The van der Waals surface area contributed by atoms with E-state index in [1.54, 1.807) is 0 Å². The Morgan fingerprint density at radius 2 is 2.11 bits per heavy atom. The molecule has 3 rings (SSSR count). The number of amides is 2. The number of fused-ring (bicyclic) bond motifs is 1. The second-order valence-electron chi connectivity index (χ2n) is 5.35. The standard InChI is InChI=1S/C15H13N3O9/c1-24-15(23)26-9-4-2-3-7-11(9)27-14(22)18(13(7)21)5-10(19)16-8-6-25-17-12(8)20/h2-4,8H,5-6H2,1H3,(H,16,19)(H,17,20)/t8-/m0/s1. The monoisotopic (exact) mass is 379 g/mol. The lowest BCUT2D eigenvalue weighted by atomic mass is 10.2. The van der Waals surface area contributed by atoms with Crippen LogP contribution < -0.4 is 26.8 Å². The van der Waals surface area contributed by atoms with Crippen LogP contribution in [0.25, 0.3) is 11.0 Å². The van der Waals surface area contributed by atoms with Gasteiger partial charge in [-0.05, 0) is 12.1 Å². The number of rotatable bonds is 4. The van der Waals surface area contributed by atoms with E-state index in [0.29, 0.717) is 4.57 Å². The number of ether oxygens (including phenoxy) is 2. The van der Waals surface area contributed by atoms with Gasteiger partial charge in [0.15, 0.2) is 11.3 Å². The van der Waals surface area contributed by atoms with Gasteiger partial charge in [-0.1, -0.05) is 6.07 Å². The predicted octanol–water partition coefficient (Wildman–Crippen LogP) is -1.35. The maximum Gasteiger partial charge on any atom is 0.513 e. The van der Waals surface area contributed by atoms with E-state index in [4.69, 9.17) is 9.15 Å². The smallest absolute Gasteiger partial charge is 0.437 e. The summed E-state index contributed by atoms with van der Waals surface area (Å²) in [5.74, 6) is -2.65. The maximum absolute atomic E-state index is 12.5. The zero-order chi connectivity index (χ0) is 19.6. The van der Waals surface area contributed by atoms with Crippen LogP contribution in [0.3, 0.4) is 0 Å². The van der Waals surface area contributed by atoms with Gasteiger partial charge in [0.1, 0.15) is 19.2 Å². The molecule has 2 N–H and O–H groups in total. The fourth-order valence-corrected chi connectivity index (χ4v) is 2.34. The molecule has 0 saturated carbocycles. The fraction of sp³-hybridized carbons (Fsp3) is 0.267. The number of nitrogens with one attached hydrogen (secondary N) is 2. The number of carbonyl (C=O) groups is 3. The first-order valence-corrected chi connectivity index (χ1v) is 7.54. The summed E-state index contributed by atoms with van der Waals surface area (Å²) in [5.41, 5.74) is 0.958. The largest absolute Gasteiger partial charge is 0.513 e. The van der Waals surface area contributed by atoms with Gasteiger partial charge in [0.2, 0.25) is 5.91 Å². The molecule has 1 atom stereocenters. The van der Waals surface area contributed by atoms with Crippen LogP contribution in [-0.4, -0.2) is 42.3 Å². The summed E-state index contributed by atoms with van der Waals surface area (Å²) in [6, 6.07) is 3.10. The number of hydrogen-bond acceptors (Lipinski definition) is 9. The van der Waals surface area contributed by atoms with E-state index in [-0.39, 0.29) is 23.3 Å². The minimum atomic E-state index is -1.14. The molecule has 2 heterocycles. The summed E-state index contributed by atoms with van der Waals surface area (Å²) in [5, 5.41) is 2.23. The molecule has 1 aromatic carbocycles. The van der Waals surface area contributed by atoms with Gasteiger partial charge in [-0.25, -0.2) is 19.6 Å². The van der Waals surface area contributed by atoms with Crippen molar-refractivity contribution in [1.29, 1.82) is 0 Å². The summed E-state index contributed by atoms with van der Waals surface area (Å²) in [6.45, 7) is -0.761. The molecule has 2 amide bonds. The number of methoxy groups -OCH3 is 1. The van der Waals surface area contributed by atoms with Crippen LogP contribution in [0.15, 0.2) is 32.2 Å². The van der Waals surface area contributed by atoms with Crippen LogP contribution in [0.2, 0.25) is 0 Å². The van der Waals surface area contributed by atoms with Crippen LogP contribution >= 0.6 is 0 Å². The van der Waals surface area contributed by atoms with Crippen LogP contribution in [0.5, 0.6) is 5.75 Å². The highest BCUT2D eigenvalue weighted by Gasteiger charge is 2.27. The number of hydroxylamine groups is 1. The molecule has 0 bridgehead atoms. The summed E-state index contributed by atoms with van der Waals surface area (Å²) < 4.78 is 14.8. The average Bonchev–Trinajstić information content (AvgIpc) is 3.04. The minimum absolute atomic E-state index is 0.0833. The molecule has 12 nitrogen and oxygen atoms in total. The van der Waals surface area contributed by atoms with Gasteiger partial charge in [0.25, 0.3) is 11.5 Å². The van der Waals surface area contributed by atoms with E-state index in [2.05, 4.69) is 20.4 Å². The third-order valence-corrected chi connectivity index (χ3v) is 3.60. The minimum Gasteiger partial charge on any atom is -0.437 e. The molecular formula is C15H13N3O9. The normalized spacial score (nSPS) is 16.0. The highest BCUT2D eigenvalue weighted by Crippen LogP contribution is 2.22. The van der Waals surface area contributed by atoms with Gasteiger partial charge in [-0.3, -0.25) is 19.2 Å². The fourth-order valence-electron chi connectivity index (χ4n) is 2.34. The summed E-state index contributed by atoms with van der Waals surface area (Å²) in [4.78, 5) is 64.0. The second-order valence-corrected chi connectivity index (χ2v) is 5.35. The molecule has 1 aromatic heterocycles. The van der Waals surface area contributed by atoms with Gasteiger partial charge in [-0.15, -0.1) is 0 Å². The Labute approximate surface area is 149 Å². The molecule has 0 unspecified atom stereocenters. The van der Waals surface area contributed by atoms with Crippen LogP contribution in [-0.2, 0) is 25.7 Å². The van der Waals surface area contributed by atoms with Crippen LogP contribution in [0, 0.1) is 0 Å². The van der Waals surface area contributed by atoms with E-state index < -0.39 is 41.9 Å². The Balaban J connectivity index is 1.92. The molecule has 0 aliphatic carbocycles. The van der Waals surface area contributed by atoms with E-state index >= 15 is 0 Å². The third kappa shape index (κ3) is 3.64. The topological polar surface area (TPSA) is 155 Å². The van der Waals surface area contributed by atoms with Gasteiger partial charge in [-0.2, -0.15) is 0 Å². The van der Waals surface area contributed by atoms with Crippen LogP contribution in [0.1, 0.15) is 0 Å². The number of nitrogens with zero attached hydrogens (tertiary/aromatic N) is 1.